The van der Waals surface area contributed by atoms with E-state index < -0.39 is 47.6 Å². The third kappa shape index (κ3) is 5.48. The first kappa shape index (κ1) is 22.7. The van der Waals surface area contributed by atoms with Crippen molar-refractivity contribution in [1.82, 2.24) is 15.1 Å². The van der Waals surface area contributed by atoms with Gasteiger partial charge in [0.15, 0.2) is 0 Å². The lowest BCUT2D eigenvalue weighted by atomic mass is 10.0. The Morgan fingerprint density at radius 1 is 1.24 bits per heavy atom. The van der Waals surface area contributed by atoms with Gasteiger partial charge in [-0.15, -0.1) is 0 Å². The molecule has 0 aromatic carbocycles. The zero-order valence-corrected chi connectivity index (χ0v) is 17.7. The fourth-order valence-electron chi connectivity index (χ4n) is 3.54. The smallest absolute Gasteiger partial charge is 0.410 e. The number of aliphatic carboxylic acids is 1. The molecule has 2 aliphatic heterocycles. The Hall–Kier alpha value is -2.58. The summed E-state index contributed by atoms with van der Waals surface area (Å²) in [6, 6.07) is -2.80. The van der Waals surface area contributed by atoms with E-state index in [-0.39, 0.29) is 12.5 Å². The molecular formula is C20H31N3O6. The number of carboxylic acids is 1. The summed E-state index contributed by atoms with van der Waals surface area (Å²) < 4.78 is 5.27. The Balaban J connectivity index is 2.10. The number of carboxylic acid groups (broad SMARTS) is 1. The summed E-state index contributed by atoms with van der Waals surface area (Å²) in [6.07, 6.45) is 5.00. The molecule has 4 unspecified atom stereocenters. The molecule has 0 aromatic heterocycles. The fraction of sp³-hybridized carbons (Fsp3) is 0.700. The molecule has 0 radical (unpaired) electrons. The number of rotatable bonds is 4. The number of likely N-dealkylation sites (N-methyl/N-ethyl adjacent to an activating group) is 1. The monoisotopic (exact) mass is 409 g/mol. The second-order valence-corrected chi connectivity index (χ2v) is 8.60. The van der Waals surface area contributed by atoms with Gasteiger partial charge >= 0.3 is 12.1 Å². The Morgan fingerprint density at radius 3 is 2.45 bits per heavy atom. The summed E-state index contributed by atoms with van der Waals surface area (Å²) in [5.74, 6) is -1.94. The number of carbonyl (C=O) groups is 4. The topological polar surface area (TPSA) is 116 Å². The number of fused-ring (bicyclic) bond motifs is 1. The van der Waals surface area contributed by atoms with Crippen LogP contribution in [0.5, 0.6) is 0 Å². The number of carbonyl (C=O) groups excluding carboxylic acids is 3. The van der Waals surface area contributed by atoms with Crippen LogP contribution in [0.4, 0.5) is 4.79 Å². The molecule has 3 amide bonds. The molecule has 1 saturated heterocycles. The van der Waals surface area contributed by atoms with Crippen molar-refractivity contribution in [2.24, 2.45) is 0 Å². The molecule has 2 heterocycles. The zero-order chi connectivity index (χ0) is 21.9. The van der Waals surface area contributed by atoms with Crippen molar-refractivity contribution >= 4 is 23.9 Å². The van der Waals surface area contributed by atoms with Gasteiger partial charge in [0.25, 0.3) is 0 Å². The maximum Gasteiger partial charge on any atom is 0.410 e. The van der Waals surface area contributed by atoms with Gasteiger partial charge in [0.05, 0.1) is 0 Å². The molecule has 4 atom stereocenters. The number of ether oxygens (including phenoxy) is 1. The molecule has 2 N–H and O–H groups in total. The molecule has 0 bridgehead atoms. The average Bonchev–Trinajstić information content (AvgIpc) is 3.03. The van der Waals surface area contributed by atoms with Gasteiger partial charge in [0.2, 0.25) is 11.8 Å². The number of nitrogens with zero attached hydrogens (tertiary/aromatic N) is 2. The van der Waals surface area contributed by atoms with Gasteiger partial charge in [-0.2, -0.15) is 0 Å². The van der Waals surface area contributed by atoms with Crippen molar-refractivity contribution in [2.75, 3.05) is 7.05 Å². The molecular weight excluding hydrogens is 378 g/mol. The van der Waals surface area contributed by atoms with Gasteiger partial charge in [-0.25, -0.2) is 9.59 Å². The Morgan fingerprint density at radius 2 is 1.86 bits per heavy atom. The van der Waals surface area contributed by atoms with Crippen molar-refractivity contribution in [1.29, 1.82) is 0 Å². The molecule has 1 fully saturated rings. The van der Waals surface area contributed by atoms with Gasteiger partial charge in [-0.3, -0.25) is 14.5 Å². The number of hydrogen-bond acceptors (Lipinski definition) is 5. The fourth-order valence-corrected chi connectivity index (χ4v) is 3.54. The van der Waals surface area contributed by atoms with Crippen LogP contribution < -0.4 is 5.32 Å². The highest BCUT2D eigenvalue weighted by atomic mass is 16.6. The minimum atomic E-state index is -1.03. The first-order valence-electron chi connectivity index (χ1n) is 9.88. The van der Waals surface area contributed by atoms with Crippen molar-refractivity contribution in [3.05, 3.63) is 12.2 Å². The van der Waals surface area contributed by atoms with Crippen LogP contribution in [0, 0.1) is 0 Å². The third-order valence-corrected chi connectivity index (χ3v) is 5.25. The van der Waals surface area contributed by atoms with E-state index in [1.807, 2.05) is 12.2 Å². The molecule has 0 spiro atoms. The Labute approximate surface area is 171 Å². The first-order valence-corrected chi connectivity index (χ1v) is 9.88. The SMILES string of the molecule is CC(C(=O)NC1CC=CCC2CCC(C(=O)O)N2C1=O)N(C)C(=O)OC(C)(C)C. The van der Waals surface area contributed by atoms with E-state index in [1.54, 1.807) is 27.7 Å². The molecule has 9 heteroatoms. The van der Waals surface area contributed by atoms with Gasteiger partial charge < -0.3 is 20.1 Å². The standard InChI is InChI=1S/C20H31N3O6/c1-12(22(5)19(28)29-20(2,3)4)16(24)21-14-9-7-6-8-13-10-11-15(18(26)27)23(13)17(14)25/h6-7,12-15H,8-11H2,1-5H3,(H,21,24)(H,26,27). The van der Waals surface area contributed by atoms with Crippen LogP contribution in [0.25, 0.3) is 0 Å². The van der Waals surface area contributed by atoms with Crippen LogP contribution in [0.3, 0.4) is 0 Å². The van der Waals surface area contributed by atoms with Gasteiger partial charge in [-0.05, 0) is 53.4 Å². The van der Waals surface area contributed by atoms with E-state index in [9.17, 15) is 24.3 Å². The minimum absolute atomic E-state index is 0.179. The average molecular weight is 409 g/mol. The summed E-state index contributed by atoms with van der Waals surface area (Å²) in [7, 11) is 1.45. The molecule has 2 aliphatic rings. The Bertz CT molecular complexity index is 699. The summed E-state index contributed by atoms with van der Waals surface area (Å²) in [5, 5.41) is 12.1. The second-order valence-electron chi connectivity index (χ2n) is 8.60. The number of nitrogens with one attached hydrogen (secondary N) is 1. The van der Waals surface area contributed by atoms with Crippen molar-refractivity contribution in [2.45, 2.75) is 83.1 Å². The summed E-state index contributed by atoms with van der Waals surface area (Å²) in [4.78, 5) is 52.1. The second kappa shape index (κ2) is 8.84. The van der Waals surface area contributed by atoms with Crippen LogP contribution in [0.1, 0.15) is 53.4 Å². The lowest BCUT2D eigenvalue weighted by Gasteiger charge is -2.34. The normalized spacial score (nSPS) is 25.5. The van der Waals surface area contributed by atoms with Crippen LogP contribution in [-0.2, 0) is 19.1 Å². The molecule has 162 valence electrons. The van der Waals surface area contributed by atoms with Crippen LogP contribution in [-0.4, -0.2) is 75.6 Å². The maximum absolute atomic E-state index is 13.1. The molecule has 2 rings (SSSR count). The molecule has 0 saturated carbocycles. The summed E-state index contributed by atoms with van der Waals surface area (Å²) in [5.41, 5.74) is -0.696. The zero-order valence-electron chi connectivity index (χ0n) is 17.7. The van der Waals surface area contributed by atoms with Gasteiger partial charge in [0, 0.05) is 13.1 Å². The molecule has 9 nitrogen and oxygen atoms in total. The Kier molecular flexibility index (Phi) is 6.92. The highest BCUT2D eigenvalue weighted by Crippen LogP contribution is 2.29. The molecule has 29 heavy (non-hydrogen) atoms. The van der Waals surface area contributed by atoms with Crippen LogP contribution in [0.2, 0.25) is 0 Å². The predicted molar refractivity (Wildman–Crippen MR) is 105 cm³/mol. The van der Waals surface area contributed by atoms with E-state index >= 15 is 0 Å². The van der Waals surface area contributed by atoms with Crippen LogP contribution in [0.15, 0.2) is 12.2 Å². The van der Waals surface area contributed by atoms with E-state index in [0.717, 1.165) is 0 Å². The lowest BCUT2D eigenvalue weighted by molar-refractivity contribution is -0.151. The third-order valence-electron chi connectivity index (χ3n) is 5.25. The largest absolute Gasteiger partial charge is 0.480 e. The summed E-state index contributed by atoms with van der Waals surface area (Å²) >= 11 is 0. The summed E-state index contributed by atoms with van der Waals surface area (Å²) in [6.45, 7) is 6.73. The molecule has 0 aliphatic carbocycles. The van der Waals surface area contributed by atoms with Gasteiger partial charge in [-0.1, -0.05) is 12.2 Å². The van der Waals surface area contributed by atoms with Crippen molar-refractivity contribution < 1.29 is 29.0 Å². The molecule has 0 aromatic rings. The predicted octanol–water partition coefficient (Wildman–Crippen LogP) is 1.52. The first-order chi connectivity index (χ1) is 13.4. The van der Waals surface area contributed by atoms with E-state index in [4.69, 9.17) is 4.74 Å². The highest BCUT2D eigenvalue weighted by Gasteiger charge is 2.43. The number of hydrogen-bond donors (Lipinski definition) is 2. The van der Waals surface area contributed by atoms with E-state index in [2.05, 4.69) is 5.32 Å². The van der Waals surface area contributed by atoms with Crippen molar-refractivity contribution in [3.63, 3.8) is 0 Å². The van der Waals surface area contributed by atoms with E-state index in [1.165, 1.54) is 16.8 Å². The van der Waals surface area contributed by atoms with Crippen LogP contribution >= 0.6 is 0 Å². The maximum atomic E-state index is 13.1. The van der Waals surface area contributed by atoms with E-state index in [0.29, 0.717) is 19.3 Å². The van der Waals surface area contributed by atoms with Gasteiger partial charge in [0.1, 0.15) is 23.7 Å². The lowest BCUT2D eigenvalue weighted by Crippen LogP contribution is -2.57. The number of amides is 3. The van der Waals surface area contributed by atoms with Crippen molar-refractivity contribution in [3.8, 4) is 0 Å². The highest BCUT2D eigenvalue weighted by molar-refractivity contribution is 5.93. The quantitative estimate of drug-likeness (QED) is 0.680. The minimum Gasteiger partial charge on any atom is -0.480 e.